The lowest BCUT2D eigenvalue weighted by Crippen LogP contribution is -2.36. The van der Waals surface area contributed by atoms with Gasteiger partial charge in [-0.3, -0.25) is 4.98 Å². The molecule has 1 aliphatic carbocycles. The lowest BCUT2D eigenvalue weighted by Gasteiger charge is -2.23. The number of urea groups is 1. The van der Waals surface area contributed by atoms with E-state index in [0.29, 0.717) is 18.1 Å². The number of anilines is 1. The van der Waals surface area contributed by atoms with Crippen LogP contribution in [0.1, 0.15) is 18.5 Å². The minimum atomic E-state index is -0.144. The van der Waals surface area contributed by atoms with Gasteiger partial charge in [-0.25, -0.2) is 14.5 Å². The number of pyridine rings is 2. The fourth-order valence-electron chi connectivity index (χ4n) is 2.68. The highest BCUT2D eigenvalue weighted by atomic mass is 16.2. The average molecular weight is 334 g/mol. The lowest BCUT2D eigenvalue weighted by molar-refractivity contribution is 0.205. The average Bonchev–Trinajstić information content (AvgIpc) is 3.34. The van der Waals surface area contributed by atoms with Crippen LogP contribution >= 0.6 is 0 Å². The SMILES string of the molecule is O=C(Nc1cccnc1-n1cccn1)N(Cc1ccccn1)C1CC1. The van der Waals surface area contributed by atoms with E-state index in [0.717, 1.165) is 18.5 Å². The summed E-state index contributed by atoms with van der Waals surface area (Å²) in [5.41, 5.74) is 1.51. The number of aromatic nitrogens is 4. The molecule has 0 bridgehead atoms. The van der Waals surface area contributed by atoms with E-state index in [1.165, 1.54) is 0 Å². The second kappa shape index (κ2) is 6.72. The van der Waals surface area contributed by atoms with E-state index in [2.05, 4.69) is 20.4 Å². The van der Waals surface area contributed by atoms with E-state index < -0.39 is 0 Å². The molecule has 0 unspecified atom stereocenters. The van der Waals surface area contributed by atoms with Crippen molar-refractivity contribution in [1.29, 1.82) is 0 Å². The molecule has 1 aliphatic rings. The van der Waals surface area contributed by atoms with Gasteiger partial charge in [0.15, 0.2) is 5.82 Å². The highest BCUT2D eigenvalue weighted by Crippen LogP contribution is 2.29. The molecule has 1 saturated carbocycles. The van der Waals surface area contributed by atoms with Gasteiger partial charge in [0.25, 0.3) is 0 Å². The minimum absolute atomic E-state index is 0.144. The van der Waals surface area contributed by atoms with Gasteiger partial charge in [0, 0.05) is 30.8 Å². The van der Waals surface area contributed by atoms with Crippen molar-refractivity contribution in [1.82, 2.24) is 24.6 Å². The molecule has 3 heterocycles. The topological polar surface area (TPSA) is 75.9 Å². The fourth-order valence-corrected chi connectivity index (χ4v) is 2.68. The molecular weight excluding hydrogens is 316 g/mol. The number of hydrogen-bond donors (Lipinski definition) is 1. The van der Waals surface area contributed by atoms with Crippen LogP contribution in [0.5, 0.6) is 0 Å². The summed E-state index contributed by atoms with van der Waals surface area (Å²) in [5.74, 6) is 0.592. The Kier molecular flexibility index (Phi) is 4.12. The smallest absolute Gasteiger partial charge is 0.316 e. The Morgan fingerprint density at radius 2 is 2.00 bits per heavy atom. The normalized spacial score (nSPS) is 13.4. The molecule has 0 radical (unpaired) electrons. The standard InChI is InChI=1S/C18H18N6O/c25-18(23(15-7-8-15)13-14-5-1-2-9-19-14)22-16-6-3-10-20-17(16)24-12-4-11-21-24/h1-6,9-12,15H,7-8,13H2,(H,22,25). The Bertz CT molecular complexity index is 845. The number of nitrogens with zero attached hydrogens (tertiary/aromatic N) is 5. The van der Waals surface area contributed by atoms with E-state index >= 15 is 0 Å². The minimum Gasteiger partial charge on any atom is -0.316 e. The third-order valence-electron chi connectivity index (χ3n) is 4.06. The highest BCUT2D eigenvalue weighted by molar-refractivity contribution is 5.91. The number of amides is 2. The van der Waals surface area contributed by atoms with E-state index in [9.17, 15) is 4.79 Å². The fraction of sp³-hybridized carbons (Fsp3) is 0.222. The van der Waals surface area contributed by atoms with Gasteiger partial charge in [-0.05, 0) is 43.2 Å². The van der Waals surface area contributed by atoms with E-state index in [1.807, 2.05) is 35.2 Å². The van der Waals surface area contributed by atoms with E-state index in [-0.39, 0.29) is 12.1 Å². The molecule has 3 aromatic heterocycles. The maximum absolute atomic E-state index is 12.8. The van der Waals surface area contributed by atoms with Crippen molar-refractivity contribution in [3.8, 4) is 5.82 Å². The van der Waals surface area contributed by atoms with Gasteiger partial charge < -0.3 is 10.2 Å². The first kappa shape index (κ1) is 15.3. The number of rotatable bonds is 5. The summed E-state index contributed by atoms with van der Waals surface area (Å²) in [5, 5.41) is 7.17. The molecule has 7 heteroatoms. The van der Waals surface area contributed by atoms with Gasteiger partial charge in [-0.15, -0.1) is 0 Å². The molecule has 0 saturated heterocycles. The molecule has 0 aliphatic heterocycles. The van der Waals surface area contributed by atoms with E-state index in [1.54, 1.807) is 35.5 Å². The van der Waals surface area contributed by atoms with Crippen LogP contribution in [0, 0.1) is 0 Å². The summed E-state index contributed by atoms with van der Waals surface area (Å²) in [6.45, 7) is 0.495. The summed E-state index contributed by atoms with van der Waals surface area (Å²) >= 11 is 0. The molecule has 25 heavy (non-hydrogen) atoms. The van der Waals surface area contributed by atoms with Crippen LogP contribution in [0.4, 0.5) is 10.5 Å². The molecule has 1 N–H and O–H groups in total. The van der Waals surface area contributed by atoms with Crippen molar-refractivity contribution in [2.75, 3.05) is 5.32 Å². The zero-order chi connectivity index (χ0) is 17.1. The number of carbonyl (C=O) groups excluding carboxylic acids is 1. The van der Waals surface area contributed by atoms with Gasteiger partial charge in [-0.1, -0.05) is 6.07 Å². The van der Waals surface area contributed by atoms with Crippen LogP contribution < -0.4 is 5.32 Å². The van der Waals surface area contributed by atoms with Crippen molar-refractivity contribution in [2.45, 2.75) is 25.4 Å². The molecule has 0 spiro atoms. The number of nitrogens with one attached hydrogen (secondary N) is 1. The quantitative estimate of drug-likeness (QED) is 0.778. The molecule has 0 atom stereocenters. The van der Waals surface area contributed by atoms with Crippen LogP contribution in [0.2, 0.25) is 0 Å². The third kappa shape index (κ3) is 3.50. The van der Waals surface area contributed by atoms with Gasteiger partial charge in [0.2, 0.25) is 0 Å². The molecule has 126 valence electrons. The molecule has 7 nitrogen and oxygen atoms in total. The Morgan fingerprint density at radius 3 is 2.72 bits per heavy atom. The van der Waals surface area contributed by atoms with Crippen molar-refractivity contribution in [2.24, 2.45) is 0 Å². The molecule has 1 fully saturated rings. The summed E-state index contributed by atoms with van der Waals surface area (Å²) in [7, 11) is 0. The maximum atomic E-state index is 12.8. The van der Waals surface area contributed by atoms with Crippen LogP contribution in [0.15, 0.2) is 61.2 Å². The molecule has 0 aromatic carbocycles. The van der Waals surface area contributed by atoms with Gasteiger partial charge in [-0.2, -0.15) is 5.10 Å². The monoisotopic (exact) mass is 334 g/mol. The zero-order valence-electron chi connectivity index (χ0n) is 13.6. The highest BCUT2D eigenvalue weighted by Gasteiger charge is 2.33. The van der Waals surface area contributed by atoms with Crippen LogP contribution in [0.3, 0.4) is 0 Å². The van der Waals surface area contributed by atoms with Gasteiger partial charge >= 0.3 is 6.03 Å². The first-order valence-corrected chi connectivity index (χ1v) is 8.24. The van der Waals surface area contributed by atoms with Crippen LogP contribution in [0.25, 0.3) is 5.82 Å². The van der Waals surface area contributed by atoms with Crippen molar-refractivity contribution in [3.05, 3.63) is 66.9 Å². The second-order valence-corrected chi connectivity index (χ2v) is 5.94. The zero-order valence-corrected chi connectivity index (χ0v) is 13.6. The predicted octanol–water partition coefficient (Wildman–Crippen LogP) is 2.86. The Morgan fingerprint density at radius 1 is 1.12 bits per heavy atom. The van der Waals surface area contributed by atoms with Crippen molar-refractivity contribution < 1.29 is 4.79 Å². The summed E-state index contributed by atoms with van der Waals surface area (Å²) in [6, 6.07) is 11.3. The molecular formula is C18H18N6O. The summed E-state index contributed by atoms with van der Waals surface area (Å²) < 4.78 is 1.63. The Balaban J connectivity index is 1.54. The van der Waals surface area contributed by atoms with E-state index in [4.69, 9.17) is 0 Å². The second-order valence-electron chi connectivity index (χ2n) is 5.94. The predicted molar refractivity (Wildman–Crippen MR) is 93.2 cm³/mol. The number of hydrogen-bond acceptors (Lipinski definition) is 4. The van der Waals surface area contributed by atoms with Crippen LogP contribution in [-0.2, 0) is 6.54 Å². The Labute approximate surface area is 145 Å². The molecule has 4 rings (SSSR count). The first-order chi connectivity index (χ1) is 12.3. The maximum Gasteiger partial charge on any atom is 0.322 e. The van der Waals surface area contributed by atoms with Gasteiger partial charge in [0.05, 0.1) is 17.9 Å². The summed E-state index contributed by atoms with van der Waals surface area (Å²) in [6.07, 6.45) is 8.95. The number of carbonyl (C=O) groups is 1. The molecule has 3 aromatic rings. The lowest BCUT2D eigenvalue weighted by atomic mass is 10.3. The summed E-state index contributed by atoms with van der Waals surface area (Å²) in [4.78, 5) is 23.3. The van der Waals surface area contributed by atoms with Crippen molar-refractivity contribution >= 4 is 11.7 Å². The van der Waals surface area contributed by atoms with Crippen molar-refractivity contribution in [3.63, 3.8) is 0 Å². The third-order valence-corrected chi connectivity index (χ3v) is 4.06. The first-order valence-electron chi connectivity index (χ1n) is 8.24. The van der Waals surface area contributed by atoms with Gasteiger partial charge in [0.1, 0.15) is 0 Å². The van der Waals surface area contributed by atoms with Crippen LogP contribution in [-0.4, -0.2) is 36.7 Å². The largest absolute Gasteiger partial charge is 0.322 e. The Hall–Kier alpha value is -3.22. The molecule has 2 amide bonds.